The summed E-state index contributed by atoms with van der Waals surface area (Å²) in [6, 6.07) is 6.51. The van der Waals surface area contributed by atoms with Gasteiger partial charge in [-0.05, 0) is 81.4 Å². The molecule has 0 unspecified atom stereocenters. The second kappa shape index (κ2) is 8.53. The van der Waals surface area contributed by atoms with E-state index in [-0.39, 0.29) is 23.6 Å². The third-order valence-electron chi connectivity index (χ3n) is 8.29. The van der Waals surface area contributed by atoms with E-state index in [9.17, 15) is 4.79 Å². The maximum atomic E-state index is 12.7. The van der Waals surface area contributed by atoms with E-state index >= 15 is 0 Å². The van der Waals surface area contributed by atoms with E-state index in [1.165, 1.54) is 23.1 Å². The van der Waals surface area contributed by atoms with Crippen LogP contribution in [0, 0.1) is 31.1 Å². The number of carbonyl (C=O) groups is 1. The van der Waals surface area contributed by atoms with Crippen LogP contribution in [-0.2, 0) is 20.5 Å². The van der Waals surface area contributed by atoms with Gasteiger partial charge in [0.15, 0.2) is 0 Å². The first-order valence-electron chi connectivity index (χ1n) is 12.0. The molecule has 3 aliphatic carbocycles. The Morgan fingerprint density at radius 1 is 1.26 bits per heavy atom. The van der Waals surface area contributed by atoms with Gasteiger partial charge in [-0.2, -0.15) is 0 Å². The van der Waals surface area contributed by atoms with Gasteiger partial charge in [-0.1, -0.05) is 44.5 Å². The summed E-state index contributed by atoms with van der Waals surface area (Å²) < 4.78 is 13.2. The Hall–Kier alpha value is -1.37. The van der Waals surface area contributed by atoms with Crippen molar-refractivity contribution >= 4 is 13.0 Å². The molecule has 0 aromatic heterocycles. The Bertz CT molecular complexity index is 829. The van der Waals surface area contributed by atoms with Crippen molar-refractivity contribution in [1.82, 2.24) is 10.6 Å². The minimum atomic E-state index is -0.416. The Morgan fingerprint density at radius 3 is 2.71 bits per heavy atom. The van der Waals surface area contributed by atoms with Crippen LogP contribution in [0.25, 0.3) is 0 Å². The van der Waals surface area contributed by atoms with Crippen LogP contribution >= 0.6 is 0 Å². The van der Waals surface area contributed by atoms with Crippen molar-refractivity contribution < 1.29 is 14.1 Å². The molecule has 1 amide bonds. The molecule has 1 heterocycles. The summed E-state index contributed by atoms with van der Waals surface area (Å²) in [6.07, 6.45) is 4.11. The summed E-state index contributed by atoms with van der Waals surface area (Å²) in [5, 5.41) is 6.43. The molecule has 0 spiro atoms. The molecule has 1 aromatic rings. The lowest BCUT2D eigenvalue weighted by molar-refractivity contribution is -0.199. The van der Waals surface area contributed by atoms with Crippen LogP contribution in [0.1, 0.15) is 63.6 Å². The van der Waals surface area contributed by atoms with Gasteiger partial charge in [-0.3, -0.25) is 4.79 Å². The molecule has 4 fully saturated rings. The largest absolute Gasteiger partial charge is 0.482 e. The van der Waals surface area contributed by atoms with Crippen molar-refractivity contribution in [3.05, 3.63) is 34.9 Å². The number of benzene rings is 1. The minimum Gasteiger partial charge on any atom is -0.404 e. The fourth-order valence-electron chi connectivity index (χ4n) is 6.23. The van der Waals surface area contributed by atoms with Crippen LogP contribution in [0.5, 0.6) is 0 Å². The second-order valence-electron chi connectivity index (χ2n) is 10.8. The zero-order valence-corrected chi connectivity index (χ0v) is 20.1. The highest BCUT2D eigenvalue weighted by atomic mass is 16.7. The summed E-state index contributed by atoms with van der Waals surface area (Å²) in [5.41, 5.74) is 3.76. The first-order chi connectivity index (χ1) is 14.6. The molecule has 170 valence electrons. The number of hydrogen-bond acceptors (Lipinski definition) is 4. The van der Waals surface area contributed by atoms with E-state index in [4.69, 9.17) is 9.31 Å². The SMILES string of the molecule is CCCNCC(=O)N[C@@H](Cc1ccc(C)cc1C)B1O[C@@H]2C[C@@H]3C[C@@H](C3(C)C)[C@]2(C)O1. The molecule has 5 rings (SSSR count). The summed E-state index contributed by atoms with van der Waals surface area (Å²) in [5.74, 6) is 1.01. The first-order valence-corrected chi connectivity index (χ1v) is 12.0. The van der Waals surface area contributed by atoms with Gasteiger partial charge >= 0.3 is 7.12 Å². The first kappa shape index (κ1) is 22.8. The molecule has 5 atom stereocenters. The Balaban J connectivity index is 1.52. The van der Waals surface area contributed by atoms with E-state index in [1.54, 1.807) is 0 Å². The van der Waals surface area contributed by atoms with E-state index < -0.39 is 7.12 Å². The van der Waals surface area contributed by atoms with Crippen LogP contribution in [0.4, 0.5) is 0 Å². The molecule has 1 saturated heterocycles. The van der Waals surface area contributed by atoms with Crippen LogP contribution in [0.15, 0.2) is 18.2 Å². The number of hydrogen-bond donors (Lipinski definition) is 2. The molecule has 1 aliphatic heterocycles. The van der Waals surface area contributed by atoms with Crippen molar-refractivity contribution in [2.45, 2.75) is 84.9 Å². The van der Waals surface area contributed by atoms with Gasteiger partial charge in [0.2, 0.25) is 5.91 Å². The maximum absolute atomic E-state index is 12.7. The van der Waals surface area contributed by atoms with E-state index in [1.807, 2.05) is 0 Å². The molecule has 6 heteroatoms. The lowest BCUT2D eigenvalue weighted by Crippen LogP contribution is -2.65. The van der Waals surface area contributed by atoms with Gasteiger partial charge in [0.1, 0.15) is 0 Å². The third-order valence-corrected chi connectivity index (χ3v) is 8.29. The fourth-order valence-corrected chi connectivity index (χ4v) is 6.23. The van der Waals surface area contributed by atoms with Gasteiger partial charge in [0.05, 0.1) is 24.2 Å². The minimum absolute atomic E-state index is 0.0000630. The maximum Gasteiger partial charge on any atom is 0.482 e. The van der Waals surface area contributed by atoms with E-state index in [0.717, 1.165) is 19.4 Å². The molecule has 2 bridgehead atoms. The Morgan fingerprint density at radius 2 is 2.03 bits per heavy atom. The summed E-state index contributed by atoms with van der Waals surface area (Å²) in [6.45, 7) is 14.5. The quantitative estimate of drug-likeness (QED) is 0.493. The number of carbonyl (C=O) groups excluding carboxylic acids is 1. The highest BCUT2D eigenvalue weighted by Gasteiger charge is 2.68. The zero-order chi connectivity index (χ0) is 22.4. The van der Waals surface area contributed by atoms with Crippen molar-refractivity contribution in [2.24, 2.45) is 17.3 Å². The molecule has 5 nitrogen and oxygen atoms in total. The molecule has 31 heavy (non-hydrogen) atoms. The Kier molecular flexibility index (Phi) is 6.28. The lowest BCUT2D eigenvalue weighted by atomic mass is 9.43. The highest BCUT2D eigenvalue weighted by Crippen LogP contribution is 2.65. The molecule has 1 aromatic carbocycles. The topological polar surface area (TPSA) is 59.6 Å². The standard InChI is InChI=1S/C25H39BN2O3/c1-7-10-27-15-23(29)28-22(12-18-9-8-16(2)11-17(18)3)26-30-21-14-19-13-20(24(19,4)5)25(21,6)31-26/h8-9,11,19-22,27H,7,10,12-15H2,1-6H3,(H,28,29)/t19-,20-,21+,22-,25-/m0/s1. The molecular weight excluding hydrogens is 387 g/mol. The van der Waals surface area contributed by atoms with Gasteiger partial charge in [0.25, 0.3) is 0 Å². The number of nitrogens with one attached hydrogen (secondary N) is 2. The summed E-state index contributed by atoms with van der Waals surface area (Å²) in [4.78, 5) is 12.7. The van der Waals surface area contributed by atoms with Crippen molar-refractivity contribution in [3.63, 3.8) is 0 Å². The van der Waals surface area contributed by atoms with Crippen molar-refractivity contribution in [2.75, 3.05) is 13.1 Å². The fraction of sp³-hybridized carbons (Fsp3) is 0.720. The average Bonchev–Trinajstić information content (AvgIpc) is 3.06. The van der Waals surface area contributed by atoms with Gasteiger partial charge < -0.3 is 19.9 Å². The smallest absolute Gasteiger partial charge is 0.404 e. The van der Waals surface area contributed by atoms with Gasteiger partial charge in [-0.25, -0.2) is 0 Å². The van der Waals surface area contributed by atoms with Crippen LogP contribution in [-0.4, -0.2) is 43.8 Å². The van der Waals surface area contributed by atoms with Gasteiger partial charge in [-0.15, -0.1) is 0 Å². The monoisotopic (exact) mass is 426 g/mol. The third kappa shape index (κ3) is 4.19. The molecule has 2 N–H and O–H groups in total. The number of aryl methyl sites for hydroxylation is 2. The lowest BCUT2D eigenvalue weighted by Gasteiger charge is -2.64. The average molecular weight is 426 g/mol. The van der Waals surface area contributed by atoms with Crippen LogP contribution < -0.4 is 10.6 Å². The van der Waals surface area contributed by atoms with Crippen molar-refractivity contribution in [3.8, 4) is 0 Å². The highest BCUT2D eigenvalue weighted by molar-refractivity contribution is 6.48. The van der Waals surface area contributed by atoms with Crippen LogP contribution in [0.3, 0.4) is 0 Å². The molecule has 0 radical (unpaired) electrons. The van der Waals surface area contributed by atoms with E-state index in [2.05, 4.69) is 70.4 Å². The van der Waals surface area contributed by atoms with Crippen molar-refractivity contribution in [1.29, 1.82) is 0 Å². The van der Waals surface area contributed by atoms with E-state index in [0.29, 0.717) is 30.2 Å². The predicted octanol–water partition coefficient (Wildman–Crippen LogP) is 3.60. The number of amides is 1. The number of rotatable bonds is 8. The van der Waals surface area contributed by atoms with Gasteiger partial charge in [0, 0.05) is 0 Å². The molecular formula is C25H39BN2O3. The van der Waals surface area contributed by atoms with Crippen LogP contribution in [0.2, 0.25) is 0 Å². The molecule has 3 saturated carbocycles. The summed E-state index contributed by atoms with van der Waals surface area (Å²) in [7, 11) is -0.416. The zero-order valence-electron chi connectivity index (χ0n) is 20.1. The normalized spacial score (nSPS) is 31.7. The second-order valence-corrected chi connectivity index (χ2v) is 10.8. The predicted molar refractivity (Wildman–Crippen MR) is 125 cm³/mol. The summed E-state index contributed by atoms with van der Waals surface area (Å²) >= 11 is 0. The Labute approximate surface area is 188 Å². The molecule has 4 aliphatic rings.